The minimum Gasteiger partial charge on any atom is -0.341 e. The predicted octanol–water partition coefficient (Wildman–Crippen LogP) is 2.86. The smallest absolute Gasteiger partial charge is 0.341 e. The molecule has 1 aromatic rings. The summed E-state index contributed by atoms with van der Waals surface area (Å²) in [6.45, 7) is 0.555. The number of carbonyl (C=O) groups excluding carboxylic acids is 1. The van der Waals surface area contributed by atoms with Crippen molar-refractivity contribution < 1.29 is 18.0 Å². The molecule has 1 aromatic carbocycles. The highest BCUT2D eigenvalue weighted by molar-refractivity contribution is 5.99. The lowest BCUT2D eigenvalue weighted by Gasteiger charge is -2.30. The molecule has 0 spiro atoms. The number of carbonyl (C=O) groups is 1. The third-order valence-corrected chi connectivity index (χ3v) is 3.84. The largest absolute Gasteiger partial charge is 0.416 e. The zero-order valence-corrected chi connectivity index (χ0v) is 11.7. The summed E-state index contributed by atoms with van der Waals surface area (Å²) < 4.78 is 38.3. The van der Waals surface area contributed by atoms with E-state index in [9.17, 15) is 18.0 Å². The summed E-state index contributed by atoms with van der Waals surface area (Å²) in [6, 6.07) is 2.92. The molecule has 1 aliphatic rings. The van der Waals surface area contributed by atoms with Gasteiger partial charge in [-0.15, -0.1) is 0 Å². The molecule has 0 radical (unpaired) electrons. The Bertz CT molecular complexity index is 527. The van der Waals surface area contributed by atoms with Gasteiger partial charge in [0.1, 0.15) is 0 Å². The lowest BCUT2D eigenvalue weighted by molar-refractivity contribution is -0.137. The number of benzene rings is 1. The number of anilines is 1. The Balaban J connectivity index is 2.24. The normalized spacial score (nSPS) is 15.5. The summed E-state index contributed by atoms with van der Waals surface area (Å²) in [7, 11) is 1.60. The van der Waals surface area contributed by atoms with Gasteiger partial charge in [-0.25, -0.2) is 0 Å². The van der Waals surface area contributed by atoms with E-state index in [1.165, 1.54) is 11.0 Å². The maximum absolute atomic E-state index is 12.8. The highest BCUT2D eigenvalue weighted by Gasteiger charge is 2.32. The Hall–Kier alpha value is -1.76. The van der Waals surface area contributed by atoms with Gasteiger partial charge in [0.25, 0.3) is 5.91 Å². The minimum absolute atomic E-state index is 0.0610. The van der Waals surface area contributed by atoms with Crippen LogP contribution in [0, 0.1) is 5.92 Å². The molecule has 7 heteroatoms. The summed E-state index contributed by atoms with van der Waals surface area (Å²) in [5, 5.41) is 0. The van der Waals surface area contributed by atoms with E-state index >= 15 is 0 Å². The average molecular weight is 301 g/mol. The first-order chi connectivity index (χ1) is 9.82. The second-order valence-electron chi connectivity index (χ2n) is 5.39. The molecule has 0 aliphatic heterocycles. The van der Waals surface area contributed by atoms with E-state index in [4.69, 9.17) is 5.84 Å². The molecule has 0 saturated heterocycles. The molecule has 1 amide bonds. The van der Waals surface area contributed by atoms with Gasteiger partial charge >= 0.3 is 6.18 Å². The molecule has 4 nitrogen and oxygen atoms in total. The number of nitrogens with two attached hydrogens (primary N) is 1. The maximum atomic E-state index is 12.8. The molecular formula is C14H18F3N3O. The standard InChI is InChI=1S/C14H18F3N3O/c1-20(8-9-3-2-4-9)13(21)11-7-10(14(15,16)17)5-6-12(11)19-18/h5-7,9,19H,2-4,8,18H2,1H3. The molecule has 0 aromatic heterocycles. The molecular weight excluding hydrogens is 283 g/mol. The van der Waals surface area contributed by atoms with Crippen molar-refractivity contribution in [2.45, 2.75) is 25.4 Å². The number of amides is 1. The van der Waals surface area contributed by atoms with Crippen LogP contribution in [0.3, 0.4) is 0 Å². The molecule has 0 unspecified atom stereocenters. The maximum Gasteiger partial charge on any atom is 0.416 e. The quantitative estimate of drug-likeness (QED) is 0.664. The molecule has 3 N–H and O–H groups in total. The number of nitrogen functional groups attached to an aromatic ring is 1. The van der Waals surface area contributed by atoms with Crippen LogP contribution in [0.25, 0.3) is 0 Å². The van der Waals surface area contributed by atoms with Gasteiger partial charge in [0.15, 0.2) is 0 Å². The monoisotopic (exact) mass is 301 g/mol. The molecule has 0 bridgehead atoms. The van der Waals surface area contributed by atoms with Crippen LogP contribution in [0.2, 0.25) is 0 Å². The molecule has 1 fully saturated rings. The zero-order valence-electron chi connectivity index (χ0n) is 11.7. The predicted molar refractivity (Wildman–Crippen MR) is 73.6 cm³/mol. The van der Waals surface area contributed by atoms with Crippen molar-refractivity contribution in [1.29, 1.82) is 0 Å². The Kier molecular flexibility index (Phi) is 4.41. The van der Waals surface area contributed by atoms with Gasteiger partial charge in [0, 0.05) is 13.6 Å². The van der Waals surface area contributed by atoms with Crippen molar-refractivity contribution in [3.63, 3.8) is 0 Å². The first-order valence-corrected chi connectivity index (χ1v) is 6.76. The van der Waals surface area contributed by atoms with Crippen LogP contribution in [0.1, 0.15) is 35.2 Å². The van der Waals surface area contributed by atoms with Gasteiger partial charge in [0.2, 0.25) is 0 Å². The van der Waals surface area contributed by atoms with Crippen LogP contribution in [-0.2, 0) is 6.18 Å². The summed E-state index contributed by atoms with van der Waals surface area (Å²) in [5.41, 5.74) is 1.54. The SMILES string of the molecule is CN(CC1CCC1)C(=O)c1cc(C(F)(F)F)ccc1NN. The van der Waals surface area contributed by atoms with Crippen LogP contribution in [0.5, 0.6) is 0 Å². The van der Waals surface area contributed by atoms with E-state index in [1.807, 2.05) is 0 Å². The third kappa shape index (κ3) is 3.47. The summed E-state index contributed by atoms with van der Waals surface area (Å²) in [5.74, 6) is 5.27. The van der Waals surface area contributed by atoms with Crippen molar-refractivity contribution in [3.8, 4) is 0 Å². The van der Waals surface area contributed by atoms with Gasteiger partial charge in [-0.1, -0.05) is 6.42 Å². The van der Waals surface area contributed by atoms with Crippen molar-refractivity contribution in [3.05, 3.63) is 29.3 Å². The van der Waals surface area contributed by atoms with Crippen molar-refractivity contribution in [2.24, 2.45) is 11.8 Å². The first-order valence-electron chi connectivity index (χ1n) is 6.76. The van der Waals surface area contributed by atoms with Crippen LogP contribution >= 0.6 is 0 Å². The lowest BCUT2D eigenvalue weighted by atomic mass is 9.85. The average Bonchev–Trinajstić information content (AvgIpc) is 2.40. The van der Waals surface area contributed by atoms with E-state index in [0.717, 1.165) is 31.4 Å². The summed E-state index contributed by atoms with van der Waals surface area (Å²) in [4.78, 5) is 13.8. The van der Waals surface area contributed by atoms with Gasteiger partial charge < -0.3 is 10.3 Å². The minimum atomic E-state index is -4.49. The van der Waals surface area contributed by atoms with Crippen molar-refractivity contribution in [2.75, 3.05) is 19.0 Å². The fraction of sp³-hybridized carbons (Fsp3) is 0.500. The fourth-order valence-corrected chi connectivity index (χ4v) is 2.37. The molecule has 21 heavy (non-hydrogen) atoms. The van der Waals surface area contributed by atoms with Gasteiger partial charge in [-0.2, -0.15) is 13.2 Å². The number of nitrogens with zero attached hydrogens (tertiary/aromatic N) is 1. The van der Waals surface area contributed by atoms with Crippen LogP contribution in [0.15, 0.2) is 18.2 Å². The first kappa shape index (κ1) is 15.6. The Morgan fingerprint density at radius 3 is 2.57 bits per heavy atom. The van der Waals surface area contributed by atoms with Crippen molar-refractivity contribution >= 4 is 11.6 Å². The number of hydrogen-bond acceptors (Lipinski definition) is 3. The number of alkyl halides is 3. The van der Waals surface area contributed by atoms with E-state index < -0.39 is 17.6 Å². The molecule has 2 rings (SSSR count). The summed E-state index contributed by atoms with van der Waals surface area (Å²) in [6.07, 6.45) is -1.23. The molecule has 0 atom stereocenters. The zero-order chi connectivity index (χ0) is 15.6. The Morgan fingerprint density at radius 2 is 2.10 bits per heavy atom. The van der Waals surface area contributed by atoms with Crippen LogP contribution in [0.4, 0.5) is 18.9 Å². The second-order valence-corrected chi connectivity index (χ2v) is 5.39. The van der Waals surface area contributed by atoms with E-state index in [1.54, 1.807) is 7.05 Å². The Labute approximate surface area is 121 Å². The van der Waals surface area contributed by atoms with E-state index in [0.29, 0.717) is 12.5 Å². The topological polar surface area (TPSA) is 58.4 Å². The highest BCUT2D eigenvalue weighted by Crippen LogP contribution is 2.32. The highest BCUT2D eigenvalue weighted by atomic mass is 19.4. The summed E-state index contributed by atoms with van der Waals surface area (Å²) >= 11 is 0. The number of rotatable bonds is 4. The number of nitrogens with one attached hydrogen (secondary N) is 1. The molecule has 1 aliphatic carbocycles. The van der Waals surface area contributed by atoms with Crippen LogP contribution < -0.4 is 11.3 Å². The molecule has 116 valence electrons. The fourth-order valence-electron chi connectivity index (χ4n) is 2.37. The number of hydrogen-bond donors (Lipinski definition) is 2. The molecule has 1 saturated carbocycles. The third-order valence-electron chi connectivity index (χ3n) is 3.84. The van der Waals surface area contributed by atoms with E-state index in [-0.39, 0.29) is 11.3 Å². The lowest BCUT2D eigenvalue weighted by Crippen LogP contribution is -2.35. The van der Waals surface area contributed by atoms with Gasteiger partial charge in [0.05, 0.1) is 16.8 Å². The Morgan fingerprint density at radius 1 is 1.43 bits per heavy atom. The van der Waals surface area contributed by atoms with Crippen molar-refractivity contribution in [1.82, 2.24) is 4.90 Å². The molecule has 0 heterocycles. The number of halogens is 3. The van der Waals surface area contributed by atoms with Gasteiger partial charge in [-0.05, 0) is 37.0 Å². The van der Waals surface area contributed by atoms with Gasteiger partial charge in [-0.3, -0.25) is 10.6 Å². The second kappa shape index (κ2) is 5.93. The van der Waals surface area contributed by atoms with E-state index in [2.05, 4.69) is 5.43 Å². The van der Waals surface area contributed by atoms with Crippen LogP contribution in [-0.4, -0.2) is 24.4 Å². The number of hydrazine groups is 1.